The fourth-order valence-electron chi connectivity index (χ4n) is 1.61. The minimum atomic E-state index is -4.75. The zero-order valence-corrected chi connectivity index (χ0v) is 11.4. The lowest BCUT2D eigenvalue weighted by molar-refractivity contribution is -0.274. The van der Waals surface area contributed by atoms with Gasteiger partial charge >= 0.3 is 6.36 Å². The van der Waals surface area contributed by atoms with E-state index >= 15 is 0 Å². The molecule has 0 radical (unpaired) electrons. The van der Waals surface area contributed by atoms with Crippen LogP contribution in [0.1, 0.15) is 15.2 Å². The summed E-state index contributed by atoms with van der Waals surface area (Å²) in [4.78, 5) is 11.7. The Morgan fingerprint density at radius 2 is 2.05 bits per heavy atom. The number of ether oxygens (including phenoxy) is 1. The molecule has 0 aliphatic rings. The van der Waals surface area contributed by atoms with E-state index in [4.69, 9.17) is 5.73 Å². The van der Waals surface area contributed by atoms with E-state index in [0.717, 1.165) is 4.88 Å². The summed E-state index contributed by atoms with van der Waals surface area (Å²) in [6.45, 7) is 0.260. The summed E-state index contributed by atoms with van der Waals surface area (Å²) in [5, 5.41) is 4.43. The molecule has 112 valence electrons. The van der Waals surface area contributed by atoms with Gasteiger partial charge in [-0.15, -0.1) is 24.5 Å². The summed E-state index contributed by atoms with van der Waals surface area (Å²) < 4.78 is 40.8. The number of hydrogen-bond donors (Lipinski definition) is 2. The third-order valence-corrected chi connectivity index (χ3v) is 3.44. The van der Waals surface area contributed by atoms with Crippen molar-refractivity contribution < 1.29 is 22.7 Å². The SMILES string of the molecule is NC(=O)c1csc(CNc2ccccc2OC(F)(F)F)c1. The molecule has 1 aromatic carbocycles. The maximum absolute atomic E-state index is 12.3. The van der Waals surface area contributed by atoms with Crippen LogP contribution >= 0.6 is 11.3 Å². The van der Waals surface area contributed by atoms with Crippen molar-refractivity contribution >= 4 is 22.9 Å². The summed E-state index contributed by atoms with van der Waals surface area (Å²) in [5.41, 5.74) is 5.71. The van der Waals surface area contributed by atoms with E-state index in [2.05, 4.69) is 10.1 Å². The average molecular weight is 316 g/mol. The monoisotopic (exact) mass is 316 g/mol. The molecule has 21 heavy (non-hydrogen) atoms. The number of benzene rings is 1. The molecule has 8 heteroatoms. The second-order valence-corrected chi connectivity index (χ2v) is 5.06. The Morgan fingerprint density at radius 3 is 2.67 bits per heavy atom. The third kappa shape index (κ3) is 4.38. The molecule has 0 fully saturated rings. The van der Waals surface area contributed by atoms with Crippen LogP contribution in [0.2, 0.25) is 0 Å². The number of primary amides is 1. The van der Waals surface area contributed by atoms with Gasteiger partial charge in [-0.1, -0.05) is 12.1 Å². The molecule has 1 heterocycles. The van der Waals surface area contributed by atoms with E-state index in [9.17, 15) is 18.0 Å². The van der Waals surface area contributed by atoms with E-state index in [1.54, 1.807) is 17.5 Å². The van der Waals surface area contributed by atoms with Crippen molar-refractivity contribution in [3.8, 4) is 5.75 Å². The lowest BCUT2D eigenvalue weighted by Gasteiger charge is -2.14. The highest BCUT2D eigenvalue weighted by Crippen LogP contribution is 2.30. The van der Waals surface area contributed by atoms with Gasteiger partial charge in [-0.2, -0.15) is 0 Å². The van der Waals surface area contributed by atoms with Crippen LogP contribution in [0.5, 0.6) is 5.75 Å². The molecular formula is C13H11F3N2O2S. The summed E-state index contributed by atoms with van der Waals surface area (Å²) in [6, 6.07) is 7.33. The maximum atomic E-state index is 12.3. The minimum absolute atomic E-state index is 0.212. The Hall–Kier alpha value is -2.22. The Kier molecular flexibility index (Phi) is 4.37. The number of alkyl halides is 3. The van der Waals surface area contributed by atoms with E-state index in [0.29, 0.717) is 5.56 Å². The molecule has 1 aromatic heterocycles. The number of carbonyl (C=O) groups is 1. The van der Waals surface area contributed by atoms with Crippen molar-refractivity contribution in [2.24, 2.45) is 5.73 Å². The van der Waals surface area contributed by atoms with Gasteiger partial charge in [-0.3, -0.25) is 4.79 Å². The molecule has 0 aliphatic carbocycles. The van der Waals surface area contributed by atoms with Crippen LogP contribution in [0.25, 0.3) is 0 Å². The van der Waals surface area contributed by atoms with Gasteiger partial charge < -0.3 is 15.8 Å². The molecule has 0 saturated carbocycles. The Morgan fingerprint density at radius 1 is 1.33 bits per heavy atom. The second-order valence-electron chi connectivity index (χ2n) is 4.06. The first-order valence-corrected chi connectivity index (χ1v) is 6.69. The number of hydrogen-bond acceptors (Lipinski definition) is 4. The van der Waals surface area contributed by atoms with Crippen LogP contribution in [0.3, 0.4) is 0 Å². The molecule has 0 bridgehead atoms. The van der Waals surface area contributed by atoms with Crippen LogP contribution in [-0.2, 0) is 6.54 Å². The second kappa shape index (κ2) is 6.04. The first kappa shape index (κ1) is 15.2. The normalized spacial score (nSPS) is 11.2. The molecule has 3 N–H and O–H groups in total. The van der Waals surface area contributed by atoms with Crippen LogP contribution in [0, 0.1) is 0 Å². The lowest BCUT2D eigenvalue weighted by Crippen LogP contribution is -2.18. The van der Waals surface area contributed by atoms with Gasteiger partial charge in [0.1, 0.15) is 0 Å². The lowest BCUT2D eigenvalue weighted by atomic mass is 10.2. The summed E-state index contributed by atoms with van der Waals surface area (Å²) in [5.74, 6) is -0.852. The highest BCUT2D eigenvalue weighted by atomic mass is 32.1. The van der Waals surface area contributed by atoms with Gasteiger partial charge in [0, 0.05) is 16.8 Å². The molecule has 2 aromatic rings. The van der Waals surface area contributed by atoms with Crippen LogP contribution in [0.15, 0.2) is 35.7 Å². The highest BCUT2D eigenvalue weighted by Gasteiger charge is 2.32. The number of anilines is 1. The van der Waals surface area contributed by atoms with E-state index in [1.165, 1.54) is 29.5 Å². The van der Waals surface area contributed by atoms with Gasteiger partial charge in [-0.25, -0.2) is 0 Å². The predicted octanol–water partition coefficient (Wildman–Crippen LogP) is 3.36. The Labute approximate surface area is 122 Å². The summed E-state index contributed by atoms with van der Waals surface area (Å²) >= 11 is 1.29. The fourth-order valence-corrected chi connectivity index (χ4v) is 2.42. The van der Waals surface area contributed by atoms with Crippen LogP contribution in [-0.4, -0.2) is 12.3 Å². The van der Waals surface area contributed by atoms with Gasteiger partial charge in [-0.05, 0) is 18.2 Å². The number of para-hydroxylation sites is 2. The summed E-state index contributed by atoms with van der Waals surface area (Å²) in [6.07, 6.45) is -4.75. The van der Waals surface area contributed by atoms with E-state index in [1.807, 2.05) is 0 Å². The van der Waals surface area contributed by atoms with Crippen molar-refractivity contribution in [1.29, 1.82) is 0 Å². The zero-order chi connectivity index (χ0) is 15.5. The molecule has 0 unspecified atom stereocenters. The first-order chi connectivity index (χ1) is 9.85. The van der Waals surface area contributed by atoms with Gasteiger partial charge in [0.05, 0.1) is 11.3 Å². The van der Waals surface area contributed by atoms with Crippen molar-refractivity contribution in [2.45, 2.75) is 12.9 Å². The Balaban J connectivity index is 2.07. The average Bonchev–Trinajstić information content (AvgIpc) is 2.85. The van der Waals surface area contributed by atoms with Crippen molar-refractivity contribution in [3.63, 3.8) is 0 Å². The van der Waals surface area contributed by atoms with Crippen molar-refractivity contribution in [2.75, 3.05) is 5.32 Å². The smallest absolute Gasteiger partial charge is 0.404 e. The third-order valence-electron chi connectivity index (χ3n) is 2.50. The number of halogens is 3. The fraction of sp³-hybridized carbons (Fsp3) is 0.154. The minimum Gasteiger partial charge on any atom is -0.404 e. The number of nitrogens with two attached hydrogens (primary N) is 1. The van der Waals surface area contributed by atoms with Crippen molar-refractivity contribution in [3.05, 3.63) is 46.2 Å². The molecule has 1 amide bonds. The van der Waals surface area contributed by atoms with E-state index in [-0.39, 0.29) is 18.0 Å². The quantitative estimate of drug-likeness (QED) is 0.889. The molecule has 0 saturated heterocycles. The number of rotatable bonds is 5. The molecule has 4 nitrogen and oxygen atoms in total. The summed E-state index contributed by atoms with van der Waals surface area (Å²) in [7, 11) is 0. The maximum Gasteiger partial charge on any atom is 0.573 e. The number of carbonyl (C=O) groups excluding carboxylic acids is 1. The van der Waals surface area contributed by atoms with Gasteiger partial charge in [0.2, 0.25) is 5.91 Å². The standard InChI is InChI=1S/C13H11F3N2O2S/c14-13(15,16)20-11-4-2-1-3-10(11)18-6-9-5-8(7-21-9)12(17)19/h1-5,7,18H,6H2,(H2,17,19). The predicted molar refractivity (Wildman–Crippen MR) is 73.3 cm³/mol. The number of amides is 1. The van der Waals surface area contributed by atoms with Crippen LogP contribution < -0.4 is 15.8 Å². The largest absolute Gasteiger partial charge is 0.573 e. The molecule has 0 atom stereocenters. The van der Waals surface area contributed by atoms with Gasteiger partial charge in [0.15, 0.2) is 5.75 Å². The number of nitrogens with one attached hydrogen (secondary N) is 1. The molecular weight excluding hydrogens is 305 g/mol. The van der Waals surface area contributed by atoms with Crippen LogP contribution in [0.4, 0.5) is 18.9 Å². The first-order valence-electron chi connectivity index (χ1n) is 5.81. The Bertz CT molecular complexity index is 640. The molecule has 2 rings (SSSR count). The van der Waals surface area contributed by atoms with Crippen molar-refractivity contribution in [1.82, 2.24) is 0 Å². The topological polar surface area (TPSA) is 64.4 Å². The molecule has 0 aliphatic heterocycles. The van der Waals surface area contributed by atoms with Gasteiger partial charge in [0.25, 0.3) is 0 Å². The zero-order valence-electron chi connectivity index (χ0n) is 10.6. The molecule has 0 spiro atoms. The number of thiophene rings is 1. The highest BCUT2D eigenvalue weighted by molar-refractivity contribution is 7.10. The van der Waals surface area contributed by atoms with E-state index < -0.39 is 12.3 Å².